The van der Waals surface area contributed by atoms with Gasteiger partial charge in [-0.15, -0.1) is 0 Å². The highest BCUT2D eigenvalue weighted by atomic mass is 19.4. The van der Waals surface area contributed by atoms with Crippen molar-refractivity contribution in [2.75, 3.05) is 13.1 Å². The minimum atomic E-state index is -4.60. The van der Waals surface area contributed by atoms with Gasteiger partial charge >= 0.3 is 12.1 Å². The van der Waals surface area contributed by atoms with Crippen LogP contribution in [0, 0.1) is 18.8 Å². The molecule has 1 aliphatic rings. The van der Waals surface area contributed by atoms with Crippen molar-refractivity contribution < 1.29 is 27.9 Å². The summed E-state index contributed by atoms with van der Waals surface area (Å²) >= 11 is 0. The van der Waals surface area contributed by atoms with Gasteiger partial charge in [-0.25, -0.2) is 0 Å². The van der Waals surface area contributed by atoms with Crippen molar-refractivity contribution in [3.05, 3.63) is 35.4 Å². The maximum absolute atomic E-state index is 13.0. The third-order valence-corrected chi connectivity index (χ3v) is 4.73. The Kier molecular flexibility index (Phi) is 5.72. The first-order valence-corrected chi connectivity index (χ1v) is 7.97. The summed E-state index contributed by atoms with van der Waals surface area (Å²) in [6, 6.07) is 6.63. The number of alkyl halides is 3. The van der Waals surface area contributed by atoms with Gasteiger partial charge < -0.3 is 10.4 Å². The highest BCUT2D eigenvalue weighted by molar-refractivity contribution is 5.81. The number of carboxylic acids is 1. The summed E-state index contributed by atoms with van der Waals surface area (Å²) in [4.78, 5) is 24.7. The van der Waals surface area contributed by atoms with Crippen LogP contribution in [-0.4, -0.2) is 47.2 Å². The number of aryl methyl sites for hydroxylation is 1. The predicted octanol–water partition coefficient (Wildman–Crippen LogP) is 2.19. The van der Waals surface area contributed by atoms with Crippen molar-refractivity contribution in [3.63, 3.8) is 0 Å². The number of amides is 1. The molecule has 25 heavy (non-hydrogen) atoms. The van der Waals surface area contributed by atoms with Crippen LogP contribution < -0.4 is 5.32 Å². The number of nitrogens with one attached hydrogen (secondary N) is 1. The van der Waals surface area contributed by atoms with E-state index in [1.807, 2.05) is 31.2 Å². The van der Waals surface area contributed by atoms with Gasteiger partial charge in [0.25, 0.3) is 0 Å². The second kappa shape index (κ2) is 7.43. The summed E-state index contributed by atoms with van der Waals surface area (Å²) in [5, 5.41) is 11.7. The van der Waals surface area contributed by atoms with Gasteiger partial charge in [-0.3, -0.25) is 14.5 Å². The average Bonchev–Trinajstić information content (AvgIpc) is 2.99. The number of likely N-dealkylation sites (tertiary alicyclic amines) is 1. The first kappa shape index (κ1) is 19.2. The predicted molar refractivity (Wildman–Crippen MR) is 84.7 cm³/mol. The first-order valence-electron chi connectivity index (χ1n) is 7.97. The molecule has 2 rings (SSSR count). The van der Waals surface area contributed by atoms with Crippen molar-refractivity contribution in [3.8, 4) is 0 Å². The molecular formula is C17H21F3N2O3. The molecule has 138 valence electrons. The second-order valence-corrected chi connectivity index (χ2v) is 6.37. The molecule has 0 bridgehead atoms. The lowest BCUT2D eigenvalue weighted by Crippen LogP contribution is -2.44. The molecule has 2 N–H and O–H groups in total. The van der Waals surface area contributed by atoms with Crippen LogP contribution in [0.1, 0.15) is 18.1 Å². The molecule has 0 spiro atoms. The summed E-state index contributed by atoms with van der Waals surface area (Å²) < 4.78 is 39.1. The molecule has 0 saturated carbocycles. The highest BCUT2D eigenvalue weighted by Gasteiger charge is 2.53. The van der Waals surface area contributed by atoms with E-state index in [-0.39, 0.29) is 13.1 Å². The van der Waals surface area contributed by atoms with Crippen LogP contribution in [0.15, 0.2) is 24.3 Å². The van der Waals surface area contributed by atoms with E-state index in [4.69, 9.17) is 5.11 Å². The lowest BCUT2D eigenvalue weighted by molar-refractivity contribution is -0.188. The number of benzene rings is 1. The number of nitrogens with zero attached hydrogens (tertiary/aromatic N) is 1. The SMILES string of the molecule is Cc1ccccc1CNC(=O)C(C)N1C[C@@H](C(F)(F)F)[C@H](C(=O)O)C1. The van der Waals surface area contributed by atoms with Crippen molar-refractivity contribution in [1.29, 1.82) is 0 Å². The third-order valence-electron chi connectivity index (χ3n) is 4.73. The molecule has 1 amide bonds. The summed E-state index contributed by atoms with van der Waals surface area (Å²) in [5.41, 5.74) is 1.92. The first-order chi connectivity index (χ1) is 11.6. The van der Waals surface area contributed by atoms with Crippen LogP contribution in [-0.2, 0) is 16.1 Å². The fourth-order valence-electron chi connectivity index (χ4n) is 3.04. The van der Waals surface area contributed by atoms with Gasteiger partial charge in [0.15, 0.2) is 0 Å². The van der Waals surface area contributed by atoms with Crippen LogP contribution in [0.5, 0.6) is 0 Å². The van der Waals surface area contributed by atoms with E-state index < -0.39 is 42.5 Å². The Morgan fingerprint density at radius 2 is 1.96 bits per heavy atom. The van der Waals surface area contributed by atoms with Crippen LogP contribution in [0.4, 0.5) is 13.2 Å². The smallest absolute Gasteiger partial charge is 0.393 e. The largest absolute Gasteiger partial charge is 0.481 e. The number of halogens is 3. The molecule has 1 unspecified atom stereocenters. The maximum Gasteiger partial charge on any atom is 0.393 e. The minimum Gasteiger partial charge on any atom is -0.481 e. The number of hydrogen-bond acceptors (Lipinski definition) is 3. The highest BCUT2D eigenvalue weighted by Crippen LogP contribution is 2.38. The molecule has 8 heteroatoms. The quantitative estimate of drug-likeness (QED) is 0.847. The molecule has 0 radical (unpaired) electrons. The van der Waals surface area contributed by atoms with Crippen molar-refractivity contribution >= 4 is 11.9 Å². The summed E-state index contributed by atoms with van der Waals surface area (Å²) in [7, 11) is 0. The van der Waals surface area contributed by atoms with Gasteiger partial charge in [-0.05, 0) is 25.0 Å². The maximum atomic E-state index is 13.0. The van der Waals surface area contributed by atoms with E-state index in [0.717, 1.165) is 11.1 Å². The topological polar surface area (TPSA) is 69.6 Å². The Labute approximate surface area is 143 Å². The number of carbonyl (C=O) groups is 2. The molecule has 1 heterocycles. The summed E-state index contributed by atoms with van der Waals surface area (Å²) in [5.74, 6) is -5.42. The van der Waals surface area contributed by atoms with E-state index in [0.29, 0.717) is 0 Å². The van der Waals surface area contributed by atoms with Crippen molar-refractivity contribution in [2.24, 2.45) is 11.8 Å². The number of rotatable bonds is 5. The number of aliphatic carboxylic acids is 1. The summed E-state index contributed by atoms with van der Waals surface area (Å²) in [6.45, 7) is 2.88. The van der Waals surface area contributed by atoms with Crippen molar-refractivity contribution in [2.45, 2.75) is 32.6 Å². The van der Waals surface area contributed by atoms with Crippen LogP contribution in [0.2, 0.25) is 0 Å². The van der Waals surface area contributed by atoms with E-state index >= 15 is 0 Å². The van der Waals surface area contributed by atoms with Crippen molar-refractivity contribution in [1.82, 2.24) is 10.2 Å². The zero-order valence-electron chi connectivity index (χ0n) is 14.0. The molecule has 3 atom stereocenters. The van der Waals surface area contributed by atoms with Crippen LogP contribution in [0.3, 0.4) is 0 Å². The van der Waals surface area contributed by atoms with E-state index in [1.54, 1.807) is 0 Å². The minimum absolute atomic E-state index is 0.273. The van der Waals surface area contributed by atoms with Gasteiger partial charge in [0.05, 0.1) is 17.9 Å². The fourth-order valence-corrected chi connectivity index (χ4v) is 3.04. The van der Waals surface area contributed by atoms with Gasteiger partial charge in [0.2, 0.25) is 5.91 Å². The van der Waals surface area contributed by atoms with Crippen LogP contribution in [0.25, 0.3) is 0 Å². The molecule has 1 fully saturated rings. The lowest BCUT2D eigenvalue weighted by Gasteiger charge is -2.24. The van der Waals surface area contributed by atoms with Gasteiger partial charge in [0.1, 0.15) is 0 Å². The van der Waals surface area contributed by atoms with E-state index in [2.05, 4.69) is 5.32 Å². The number of hydrogen-bond donors (Lipinski definition) is 2. The third kappa shape index (κ3) is 4.50. The van der Waals surface area contributed by atoms with Gasteiger partial charge in [0, 0.05) is 19.6 Å². The van der Waals surface area contributed by atoms with E-state index in [9.17, 15) is 22.8 Å². The molecule has 1 saturated heterocycles. The summed E-state index contributed by atoms with van der Waals surface area (Å²) in [6.07, 6.45) is -4.60. The molecule has 0 aliphatic carbocycles. The lowest BCUT2D eigenvalue weighted by atomic mass is 9.96. The molecule has 0 aromatic heterocycles. The number of carbonyl (C=O) groups excluding carboxylic acids is 1. The second-order valence-electron chi connectivity index (χ2n) is 6.37. The molecule has 5 nitrogen and oxygen atoms in total. The Morgan fingerprint density at radius 3 is 2.48 bits per heavy atom. The Hall–Kier alpha value is -2.09. The Morgan fingerprint density at radius 1 is 1.32 bits per heavy atom. The Bertz CT molecular complexity index is 648. The molecule has 1 aliphatic heterocycles. The monoisotopic (exact) mass is 358 g/mol. The number of carboxylic acid groups (broad SMARTS) is 1. The molecule has 1 aromatic carbocycles. The zero-order chi connectivity index (χ0) is 18.8. The zero-order valence-corrected chi connectivity index (χ0v) is 14.0. The fraction of sp³-hybridized carbons (Fsp3) is 0.529. The molecule has 1 aromatic rings. The Balaban J connectivity index is 2.00. The standard InChI is InChI=1S/C17H21F3N2O3/c1-10-5-3-4-6-12(10)7-21-15(23)11(2)22-8-13(16(24)25)14(9-22)17(18,19)20/h3-6,11,13-14H,7-9H2,1-2H3,(H,21,23)(H,24,25)/t11?,13-,14-/m1/s1. The normalized spacial score (nSPS) is 22.6. The van der Waals surface area contributed by atoms with Crippen LogP contribution >= 0.6 is 0 Å². The van der Waals surface area contributed by atoms with E-state index in [1.165, 1.54) is 11.8 Å². The van der Waals surface area contributed by atoms with Gasteiger partial charge in [-0.1, -0.05) is 24.3 Å². The van der Waals surface area contributed by atoms with Gasteiger partial charge in [-0.2, -0.15) is 13.2 Å². The average molecular weight is 358 g/mol. The molecular weight excluding hydrogens is 337 g/mol.